The molecule has 0 heterocycles. The predicted molar refractivity (Wildman–Crippen MR) is 78.2 cm³/mol. The molecule has 0 aliphatic rings. The van der Waals surface area contributed by atoms with E-state index in [1.165, 1.54) is 12.8 Å². The Morgan fingerprint density at radius 3 is 2.71 bits per heavy atom. The van der Waals surface area contributed by atoms with Gasteiger partial charge in [-0.2, -0.15) is 0 Å². The average Bonchev–Trinajstić information content (AvgIpc) is 2.29. The van der Waals surface area contributed by atoms with E-state index in [1.807, 2.05) is 31.2 Å². The van der Waals surface area contributed by atoms with E-state index in [-0.39, 0.29) is 12.1 Å². The molecule has 1 rings (SSSR count). The lowest BCUT2D eigenvalue weighted by Gasteiger charge is -2.13. The Morgan fingerprint density at radius 1 is 1.35 bits per heavy atom. The highest BCUT2D eigenvalue weighted by Gasteiger charge is 2.13. The monoisotopic (exact) mass is 346 g/mol. The summed E-state index contributed by atoms with van der Waals surface area (Å²) in [6.07, 6.45) is 4.46. The standard InChI is InChI=1S/C14H19IO2/c1-3-4-5-8-11(2)17-14(16)12-9-6-7-10-13(12)15/h6-7,9-11H,3-5,8H2,1-2H3. The lowest BCUT2D eigenvalue weighted by Crippen LogP contribution is -2.15. The Hall–Kier alpha value is -0.580. The van der Waals surface area contributed by atoms with Gasteiger partial charge in [0.15, 0.2) is 0 Å². The molecule has 0 spiro atoms. The number of rotatable bonds is 6. The highest BCUT2D eigenvalue weighted by atomic mass is 127. The smallest absolute Gasteiger partial charge is 0.339 e. The molecular weight excluding hydrogens is 327 g/mol. The first-order valence-electron chi connectivity index (χ1n) is 6.10. The molecule has 1 aromatic rings. The highest BCUT2D eigenvalue weighted by Crippen LogP contribution is 2.15. The van der Waals surface area contributed by atoms with Crippen LogP contribution < -0.4 is 0 Å². The van der Waals surface area contributed by atoms with Crippen molar-refractivity contribution in [1.29, 1.82) is 0 Å². The first-order chi connectivity index (χ1) is 8.15. The van der Waals surface area contributed by atoms with Crippen LogP contribution >= 0.6 is 22.6 Å². The minimum Gasteiger partial charge on any atom is -0.459 e. The van der Waals surface area contributed by atoms with Crippen molar-refractivity contribution >= 4 is 28.6 Å². The van der Waals surface area contributed by atoms with Gasteiger partial charge in [-0.1, -0.05) is 31.9 Å². The van der Waals surface area contributed by atoms with E-state index < -0.39 is 0 Å². The zero-order valence-electron chi connectivity index (χ0n) is 10.4. The second kappa shape index (κ2) is 7.69. The van der Waals surface area contributed by atoms with Crippen molar-refractivity contribution in [2.24, 2.45) is 0 Å². The number of unbranched alkanes of at least 4 members (excludes halogenated alkanes) is 2. The molecule has 0 saturated carbocycles. The van der Waals surface area contributed by atoms with Crippen molar-refractivity contribution in [2.75, 3.05) is 0 Å². The molecule has 0 aromatic heterocycles. The van der Waals surface area contributed by atoms with Gasteiger partial charge in [0.25, 0.3) is 0 Å². The van der Waals surface area contributed by atoms with Crippen molar-refractivity contribution in [3.05, 3.63) is 33.4 Å². The quantitative estimate of drug-likeness (QED) is 0.433. The third-order valence-electron chi connectivity index (χ3n) is 2.62. The fraction of sp³-hybridized carbons (Fsp3) is 0.500. The molecule has 0 radical (unpaired) electrons. The molecule has 1 atom stereocenters. The summed E-state index contributed by atoms with van der Waals surface area (Å²) in [6.45, 7) is 4.13. The van der Waals surface area contributed by atoms with Crippen LogP contribution in [0.15, 0.2) is 24.3 Å². The molecule has 2 nitrogen and oxygen atoms in total. The van der Waals surface area contributed by atoms with Crippen LogP contribution in [0, 0.1) is 3.57 Å². The Labute approximate surface area is 117 Å². The van der Waals surface area contributed by atoms with E-state index >= 15 is 0 Å². The summed E-state index contributed by atoms with van der Waals surface area (Å²) in [5, 5.41) is 0. The molecule has 94 valence electrons. The van der Waals surface area contributed by atoms with Gasteiger partial charge in [0.05, 0.1) is 11.7 Å². The maximum absolute atomic E-state index is 11.9. The van der Waals surface area contributed by atoms with E-state index in [9.17, 15) is 4.79 Å². The van der Waals surface area contributed by atoms with Crippen LogP contribution in [0.1, 0.15) is 49.9 Å². The Bertz CT molecular complexity index is 363. The molecule has 0 fully saturated rings. The third kappa shape index (κ3) is 5.06. The average molecular weight is 346 g/mol. The van der Waals surface area contributed by atoms with Crippen molar-refractivity contribution in [3.8, 4) is 0 Å². The third-order valence-corrected chi connectivity index (χ3v) is 3.56. The van der Waals surface area contributed by atoms with Crippen LogP contribution in [0.3, 0.4) is 0 Å². The number of hydrogen-bond donors (Lipinski definition) is 0. The van der Waals surface area contributed by atoms with Crippen molar-refractivity contribution in [3.63, 3.8) is 0 Å². The maximum Gasteiger partial charge on any atom is 0.339 e. The van der Waals surface area contributed by atoms with Crippen molar-refractivity contribution in [2.45, 2.75) is 45.6 Å². The molecule has 0 saturated heterocycles. The highest BCUT2D eigenvalue weighted by molar-refractivity contribution is 14.1. The molecule has 1 unspecified atom stereocenters. The van der Waals surface area contributed by atoms with Gasteiger partial charge in [-0.25, -0.2) is 4.79 Å². The minimum atomic E-state index is -0.209. The fourth-order valence-electron chi connectivity index (χ4n) is 1.61. The molecule has 0 bridgehead atoms. The second-order valence-electron chi connectivity index (χ2n) is 4.19. The van der Waals surface area contributed by atoms with Gasteiger partial charge in [0, 0.05) is 3.57 Å². The number of esters is 1. The zero-order chi connectivity index (χ0) is 12.7. The van der Waals surface area contributed by atoms with Crippen LogP contribution in [0.5, 0.6) is 0 Å². The SMILES string of the molecule is CCCCCC(C)OC(=O)c1ccccc1I. The largest absolute Gasteiger partial charge is 0.459 e. The summed E-state index contributed by atoms with van der Waals surface area (Å²) in [5.41, 5.74) is 0.662. The van der Waals surface area contributed by atoms with Gasteiger partial charge < -0.3 is 4.74 Å². The molecule has 0 N–H and O–H groups in total. The number of hydrogen-bond acceptors (Lipinski definition) is 2. The summed E-state index contributed by atoms with van der Waals surface area (Å²) in [4.78, 5) is 11.9. The molecule has 0 aliphatic carbocycles. The Balaban J connectivity index is 2.46. The number of carbonyl (C=O) groups is 1. The number of ether oxygens (including phenoxy) is 1. The molecular formula is C14H19IO2. The molecule has 0 amide bonds. The topological polar surface area (TPSA) is 26.3 Å². The van der Waals surface area contributed by atoms with Gasteiger partial charge in [0.2, 0.25) is 0 Å². The van der Waals surface area contributed by atoms with E-state index in [0.29, 0.717) is 5.56 Å². The summed E-state index contributed by atoms with van der Waals surface area (Å²) in [5.74, 6) is -0.209. The van der Waals surface area contributed by atoms with Crippen LogP contribution in [-0.2, 0) is 4.74 Å². The second-order valence-corrected chi connectivity index (χ2v) is 5.35. The molecule has 17 heavy (non-hydrogen) atoms. The van der Waals surface area contributed by atoms with E-state index in [0.717, 1.165) is 16.4 Å². The van der Waals surface area contributed by atoms with Gasteiger partial charge in [-0.05, 0) is 54.5 Å². The Morgan fingerprint density at radius 2 is 2.06 bits per heavy atom. The van der Waals surface area contributed by atoms with Gasteiger partial charge in [0.1, 0.15) is 0 Å². The van der Waals surface area contributed by atoms with Crippen molar-refractivity contribution < 1.29 is 9.53 Å². The molecule has 0 aliphatic heterocycles. The van der Waals surface area contributed by atoms with Crippen molar-refractivity contribution in [1.82, 2.24) is 0 Å². The lowest BCUT2D eigenvalue weighted by molar-refractivity contribution is 0.0318. The fourth-order valence-corrected chi connectivity index (χ4v) is 2.22. The maximum atomic E-state index is 11.9. The van der Waals surface area contributed by atoms with E-state index in [4.69, 9.17) is 4.74 Å². The van der Waals surface area contributed by atoms with Crippen LogP contribution in [0.25, 0.3) is 0 Å². The molecule has 3 heteroatoms. The zero-order valence-corrected chi connectivity index (χ0v) is 12.6. The first-order valence-corrected chi connectivity index (χ1v) is 7.18. The number of benzene rings is 1. The lowest BCUT2D eigenvalue weighted by atomic mass is 10.1. The summed E-state index contributed by atoms with van der Waals surface area (Å²) >= 11 is 2.16. The minimum absolute atomic E-state index is 0.00468. The number of carbonyl (C=O) groups excluding carboxylic acids is 1. The summed E-state index contributed by atoms with van der Waals surface area (Å²) in [7, 11) is 0. The predicted octanol–water partition coefficient (Wildman–Crippen LogP) is 4.42. The van der Waals surface area contributed by atoms with Gasteiger partial charge >= 0.3 is 5.97 Å². The molecule has 1 aromatic carbocycles. The summed E-state index contributed by atoms with van der Waals surface area (Å²) < 4.78 is 6.36. The van der Waals surface area contributed by atoms with E-state index in [2.05, 4.69) is 29.5 Å². The number of halogens is 1. The van der Waals surface area contributed by atoms with Gasteiger partial charge in [-0.15, -0.1) is 0 Å². The van der Waals surface area contributed by atoms with Crippen LogP contribution in [0.4, 0.5) is 0 Å². The van der Waals surface area contributed by atoms with Crippen LogP contribution in [0.2, 0.25) is 0 Å². The van der Waals surface area contributed by atoms with E-state index in [1.54, 1.807) is 0 Å². The van der Waals surface area contributed by atoms with Crippen LogP contribution in [-0.4, -0.2) is 12.1 Å². The normalized spacial score (nSPS) is 12.2. The summed E-state index contributed by atoms with van der Waals surface area (Å²) in [6, 6.07) is 7.51. The van der Waals surface area contributed by atoms with Gasteiger partial charge in [-0.3, -0.25) is 0 Å². The first kappa shape index (κ1) is 14.5. The Kier molecular flexibility index (Phi) is 6.55.